The number of hydrogen-bond donors (Lipinski definition) is 0. The average molecular weight is 198 g/mol. The lowest BCUT2D eigenvalue weighted by atomic mass is 10.0. The zero-order valence-corrected chi connectivity index (χ0v) is 9.26. The lowest BCUT2D eigenvalue weighted by Gasteiger charge is -2.21. The van der Waals surface area contributed by atoms with Crippen LogP contribution in [0.15, 0.2) is 0 Å². The molecule has 0 aromatic heterocycles. The summed E-state index contributed by atoms with van der Waals surface area (Å²) in [6.07, 6.45) is 8.61. The standard InChI is InChI=1S/C12H22O2/c1-2-3-4-5-8-11(13)12-9-6-7-10-14-12/h12H,2-10H2,1H3. The second-order valence-corrected chi connectivity index (χ2v) is 4.13. The molecule has 0 saturated carbocycles. The first-order valence-electron chi connectivity index (χ1n) is 5.99. The third kappa shape index (κ3) is 4.23. The van der Waals surface area contributed by atoms with Crippen molar-refractivity contribution in [2.75, 3.05) is 6.61 Å². The van der Waals surface area contributed by atoms with E-state index in [9.17, 15) is 4.79 Å². The van der Waals surface area contributed by atoms with Crippen LogP contribution < -0.4 is 0 Å². The van der Waals surface area contributed by atoms with Crippen LogP contribution in [0.2, 0.25) is 0 Å². The predicted octanol–water partition coefficient (Wildman–Crippen LogP) is 3.10. The van der Waals surface area contributed by atoms with E-state index in [0.29, 0.717) is 5.78 Å². The maximum atomic E-state index is 11.6. The number of carbonyl (C=O) groups is 1. The van der Waals surface area contributed by atoms with E-state index in [1.54, 1.807) is 0 Å². The molecule has 0 spiro atoms. The van der Waals surface area contributed by atoms with Crippen LogP contribution >= 0.6 is 0 Å². The van der Waals surface area contributed by atoms with E-state index in [1.807, 2.05) is 0 Å². The SMILES string of the molecule is CCCCCCC(=O)C1CCCCO1. The first kappa shape index (κ1) is 11.7. The molecule has 82 valence electrons. The number of ketones is 1. The minimum absolute atomic E-state index is 0.0645. The molecule has 0 aromatic carbocycles. The average Bonchev–Trinajstić information content (AvgIpc) is 2.25. The molecule has 0 N–H and O–H groups in total. The van der Waals surface area contributed by atoms with Gasteiger partial charge in [-0.25, -0.2) is 0 Å². The van der Waals surface area contributed by atoms with Crippen LogP contribution in [0.4, 0.5) is 0 Å². The Kier molecular flexibility index (Phi) is 5.85. The van der Waals surface area contributed by atoms with Crippen molar-refractivity contribution in [3.05, 3.63) is 0 Å². The maximum absolute atomic E-state index is 11.6. The smallest absolute Gasteiger partial charge is 0.161 e. The monoisotopic (exact) mass is 198 g/mol. The number of unbranched alkanes of at least 4 members (excludes halogenated alkanes) is 3. The Bertz CT molecular complexity index is 160. The van der Waals surface area contributed by atoms with E-state index in [4.69, 9.17) is 4.74 Å². The second kappa shape index (κ2) is 6.99. The van der Waals surface area contributed by atoms with Crippen LogP contribution in [-0.2, 0) is 9.53 Å². The molecule has 1 unspecified atom stereocenters. The lowest BCUT2D eigenvalue weighted by Crippen LogP contribution is -2.27. The molecule has 1 aliphatic rings. The summed E-state index contributed by atoms with van der Waals surface area (Å²) in [5.74, 6) is 0.334. The molecule has 0 amide bonds. The van der Waals surface area contributed by atoms with Crippen molar-refractivity contribution in [3.63, 3.8) is 0 Å². The lowest BCUT2D eigenvalue weighted by molar-refractivity contribution is -0.133. The number of Topliss-reactive ketones (excluding diaryl/α,β-unsaturated/α-hetero) is 1. The summed E-state index contributed by atoms with van der Waals surface area (Å²) >= 11 is 0. The largest absolute Gasteiger partial charge is 0.370 e. The van der Waals surface area contributed by atoms with E-state index in [1.165, 1.54) is 19.3 Å². The van der Waals surface area contributed by atoms with Crippen molar-refractivity contribution in [1.82, 2.24) is 0 Å². The van der Waals surface area contributed by atoms with Crippen molar-refractivity contribution < 1.29 is 9.53 Å². The van der Waals surface area contributed by atoms with Crippen LogP contribution in [0.5, 0.6) is 0 Å². The summed E-state index contributed by atoms with van der Waals surface area (Å²) in [6, 6.07) is 0. The molecule has 0 bridgehead atoms. The van der Waals surface area contributed by atoms with Gasteiger partial charge in [0.1, 0.15) is 6.10 Å². The first-order valence-corrected chi connectivity index (χ1v) is 5.99. The van der Waals surface area contributed by atoms with Crippen molar-refractivity contribution >= 4 is 5.78 Å². The fourth-order valence-electron chi connectivity index (χ4n) is 1.88. The van der Waals surface area contributed by atoms with Crippen LogP contribution in [0.3, 0.4) is 0 Å². The highest BCUT2D eigenvalue weighted by Crippen LogP contribution is 2.16. The third-order valence-corrected chi connectivity index (χ3v) is 2.82. The van der Waals surface area contributed by atoms with Gasteiger partial charge in [0.05, 0.1) is 0 Å². The quantitative estimate of drug-likeness (QED) is 0.613. The molecule has 1 rings (SSSR count). The summed E-state index contributed by atoms with van der Waals surface area (Å²) < 4.78 is 5.45. The zero-order valence-electron chi connectivity index (χ0n) is 9.26. The van der Waals surface area contributed by atoms with Crippen LogP contribution in [0, 0.1) is 0 Å². The van der Waals surface area contributed by atoms with E-state index in [2.05, 4.69) is 6.92 Å². The molecule has 1 fully saturated rings. The molecule has 1 heterocycles. The van der Waals surface area contributed by atoms with Gasteiger partial charge in [-0.1, -0.05) is 26.2 Å². The van der Waals surface area contributed by atoms with Gasteiger partial charge in [-0.3, -0.25) is 4.79 Å². The van der Waals surface area contributed by atoms with E-state index >= 15 is 0 Å². The summed E-state index contributed by atoms with van der Waals surface area (Å²) in [4.78, 5) is 11.6. The normalized spacial score (nSPS) is 22.2. The molecule has 1 aliphatic heterocycles. The Hall–Kier alpha value is -0.370. The van der Waals surface area contributed by atoms with Crippen LogP contribution in [0.25, 0.3) is 0 Å². The van der Waals surface area contributed by atoms with Crippen molar-refractivity contribution in [2.24, 2.45) is 0 Å². The molecular weight excluding hydrogens is 176 g/mol. The van der Waals surface area contributed by atoms with Gasteiger partial charge < -0.3 is 4.74 Å². The predicted molar refractivity (Wildman–Crippen MR) is 57.4 cm³/mol. The Labute approximate surface area is 87.0 Å². The highest BCUT2D eigenvalue weighted by molar-refractivity contribution is 5.83. The van der Waals surface area contributed by atoms with Crippen molar-refractivity contribution in [2.45, 2.75) is 64.4 Å². The number of ether oxygens (including phenoxy) is 1. The van der Waals surface area contributed by atoms with Gasteiger partial charge in [-0.2, -0.15) is 0 Å². The molecule has 1 saturated heterocycles. The minimum Gasteiger partial charge on any atom is -0.370 e. The van der Waals surface area contributed by atoms with Crippen molar-refractivity contribution in [3.8, 4) is 0 Å². The van der Waals surface area contributed by atoms with Crippen molar-refractivity contribution in [1.29, 1.82) is 0 Å². The number of hydrogen-bond acceptors (Lipinski definition) is 2. The molecule has 1 atom stereocenters. The molecular formula is C12H22O2. The van der Waals surface area contributed by atoms with E-state index in [-0.39, 0.29) is 6.10 Å². The maximum Gasteiger partial charge on any atom is 0.161 e. The Morgan fingerprint density at radius 1 is 1.29 bits per heavy atom. The summed E-state index contributed by atoms with van der Waals surface area (Å²) in [7, 11) is 0. The van der Waals surface area contributed by atoms with Gasteiger partial charge in [0.15, 0.2) is 5.78 Å². The van der Waals surface area contributed by atoms with E-state index in [0.717, 1.165) is 38.7 Å². The number of carbonyl (C=O) groups excluding carboxylic acids is 1. The highest BCUT2D eigenvalue weighted by Gasteiger charge is 2.20. The number of rotatable bonds is 6. The minimum atomic E-state index is -0.0645. The summed E-state index contributed by atoms with van der Waals surface area (Å²) in [5, 5.41) is 0. The highest BCUT2D eigenvalue weighted by atomic mass is 16.5. The molecule has 0 aromatic rings. The molecule has 2 heteroatoms. The Morgan fingerprint density at radius 2 is 2.14 bits per heavy atom. The molecule has 0 aliphatic carbocycles. The van der Waals surface area contributed by atoms with Gasteiger partial charge >= 0.3 is 0 Å². The molecule has 14 heavy (non-hydrogen) atoms. The molecule has 0 radical (unpaired) electrons. The van der Waals surface area contributed by atoms with E-state index < -0.39 is 0 Å². The Morgan fingerprint density at radius 3 is 2.79 bits per heavy atom. The van der Waals surface area contributed by atoms with Gasteiger partial charge in [-0.05, 0) is 25.7 Å². The first-order chi connectivity index (χ1) is 6.84. The second-order valence-electron chi connectivity index (χ2n) is 4.13. The van der Waals surface area contributed by atoms with Gasteiger partial charge in [-0.15, -0.1) is 0 Å². The van der Waals surface area contributed by atoms with Crippen LogP contribution in [0.1, 0.15) is 58.3 Å². The zero-order chi connectivity index (χ0) is 10.2. The molecule has 2 nitrogen and oxygen atoms in total. The fraction of sp³-hybridized carbons (Fsp3) is 0.917. The Balaban J connectivity index is 2.07. The fourth-order valence-corrected chi connectivity index (χ4v) is 1.88. The van der Waals surface area contributed by atoms with Gasteiger partial charge in [0.2, 0.25) is 0 Å². The third-order valence-electron chi connectivity index (χ3n) is 2.82. The van der Waals surface area contributed by atoms with Crippen LogP contribution in [-0.4, -0.2) is 18.5 Å². The van der Waals surface area contributed by atoms with Gasteiger partial charge in [0.25, 0.3) is 0 Å². The van der Waals surface area contributed by atoms with Gasteiger partial charge in [0, 0.05) is 13.0 Å². The topological polar surface area (TPSA) is 26.3 Å². The summed E-state index contributed by atoms with van der Waals surface area (Å²) in [5.41, 5.74) is 0. The summed E-state index contributed by atoms with van der Waals surface area (Å²) in [6.45, 7) is 2.97.